The summed E-state index contributed by atoms with van der Waals surface area (Å²) in [4.78, 5) is 11.5. The van der Waals surface area contributed by atoms with Gasteiger partial charge in [0.1, 0.15) is 5.82 Å². The second kappa shape index (κ2) is 6.89. The summed E-state index contributed by atoms with van der Waals surface area (Å²) >= 11 is 0. The number of carbonyl (C=O) groups is 1. The van der Waals surface area contributed by atoms with Crippen LogP contribution in [0.25, 0.3) is 0 Å². The van der Waals surface area contributed by atoms with Gasteiger partial charge in [0.15, 0.2) is 0 Å². The molecule has 17 heavy (non-hydrogen) atoms. The number of hydrogen-bond acceptors (Lipinski definition) is 1. The molecule has 0 fully saturated rings. The Labute approximate surface area is 101 Å². The van der Waals surface area contributed by atoms with Crippen LogP contribution in [0.1, 0.15) is 26.7 Å². The minimum absolute atomic E-state index is 0.289. The maximum absolute atomic E-state index is 12.9. The number of amides is 2. The van der Waals surface area contributed by atoms with Gasteiger partial charge in [-0.2, -0.15) is 0 Å². The van der Waals surface area contributed by atoms with E-state index in [1.807, 2.05) is 0 Å². The topological polar surface area (TPSA) is 41.1 Å². The molecule has 2 N–H and O–H groups in total. The number of urea groups is 1. The van der Waals surface area contributed by atoms with E-state index in [0.717, 1.165) is 12.8 Å². The van der Waals surface area contributed by atoms with Gasteiger partial charge in [-0.05, 0) is 24.1 Å². The van der Waals surface area contributed by atoms with Crippen LogP contribution < -0.4 is 10.6 Å². The highest BCUT2D eigenvalue weighted by Crippen LogP contribution is 2.09. The number of carbonyl (C=O) groups excluding carboxylic acids is 1. The Bertz CT molecular complexity index is 364. The van der Waals surface area contributed by atoms with Gasteiger partial charge in [-0.1, -0.05) is 32.8 Å². The highest BCUT2D eigenvalue weighted by molar-refractivity contribution is 5.89. The molecule has 0 radical (unpaired) electrons. The molecule has 94 valence electrons. The molecule has 0 saturated heterocycles. The molecule has 0 spiro atoms. The molecule has 0 aliphatic rings. The van der Waals surface area contributed by atoms with Gasteiger partial charge in [0.25, 0.3) is 0 Å². The lowest BCUT2D eigenvalue weighted by molar-refractivity contribution is 0.249. The first-order valence-corrected chi connectivity index (χ1v) is 5.96. The minimum Gasteiger partial charge on any atom is -0.338 e. The molecule has 4 heteroatoms. The molecule has 2 amide bonds. The Kier molecular flexibility index (Phi) is 5.46. The average molecular weight is 238 g/mol. The van der Waals surface area contributed by atoms with Crippen molar-refractivity contribution in [3.05, 3.63) is 30.1 Å². The zero-order chi connectivity index (χ0) is 12.7. The van der Waals surface area contributed by atoms with E-state index in [4.69, 9.17) is 0 Å². The standard InChI is InChI=1S/C13H19FN2O/c1-3-10(4-2)9-15-13(17)16-12-7-5-6-11(14)8-12/h5-8,10H,3-4,9H2,1-2H3,(H2,15,16,17). The van der Waals surface area contributed by atoms with Crippen molar-refractivity contribution in [2.75, 3.05) is 11.9 Å². The lowest BCUT2D eigenvalue weighted by Crippen LogP contribution is -2.32. The molecular formula is C13H19FN2O. The molecule has 0 saturated carbocycles. The van der Waals surface area contributed by atoms with E-state index in [1.54, 1.807) is 12.1 Å². The van der Waals surface area contributed by atoms with E-state index in [-0.39, 0.29) is 11.8 Å². The Balaban J connectivity index is 2.39. The number of nitrogens with one attached hydrogen (secondary N) is 2. The molecule has 0 aliphatic carbocycles. The Morgan fingerprint density at radius 1 is 1.35 bits per heavy atom. The molecule has 0 heterocycles. The molecule has 0 atom stereocenters. The molecule has 1 rings (SSSR count). The van der Waals surface area contributed by atoms with Gasteiger partial charge in [-0.15, -0.1) is 0 Å². The van der Waals surface area contributed by atoms with E-state index < -0.39 is 0 Å². The summed E-state index contributed by atoms with van der Waals surface area (Å²) in [6.07, 6.45) is 2.08. The van der Waals surface area contributed by atoms with E-state index in [1.165, 1.54) is 12.1 Å². The van der Waals surface area contributed by atoms with Gasteiger partial charge in [0.2, 0.25) is 0 Å². The quantitative estimate of drug-likeness (QED) is 0.811. The van der Waals surface area contributed by atoms with Crippen LogP contribution in [0.2, 0.25) is 0 Å². The molecular weight excluding hydrogens is 219 g/mol. The summed E-state index contributed by atoms with van der Waals surface area (Å²) in [5.41, 5.74) is 0.465. The fourth-order valence-electron chi connectivity index (χ4n) is 1.56. The molecule has 0 bridgehead atoms. The van der Waals surface area contributed by atoms with Crippen LogP contribution in [0.5, 0.6) is 0 Å². The van der Waals surface area contributed by atoms with Crippen LogP contribution in [-0.4, -0.2) is 12.6 Å². The van der Waals surface area contributed by atoms with Gasteiger partial charge in [-0.25, -0.2) is 9.18 Å². The third-order valence-electron chi connectivity index (χ3n) is 2.79. The Morgan fingerprint density at radius 2 is 2.06 bits per heavy atom. The van der Waals surface area contributed by atoms with Gasteiger partial charge in [0, 0.05) is 12.2 Å². The zero-order valence-electron chi connectivity index (χ0n) is 10.3. The van der Waals surface area contributed by atoms with E-state index in [9.17, 15) is 9.18 Å². The number of hydrogen-bond donors (Lipinski definition) is 2. The average Bonchev–Trinajstić information content (AvgIpc) is 2.30. The lowest BCUT2D eigenvalue weighted by Gasteiger charge is -2.13. The predicted molar refractivity (Wildman–Crippen MR) is 67.5 cm³/mol. The number of halogens is 1. The predicted octanol–water partition coefficient (Wildman–Crippen LogP) is 3.38. The fourth-order valence-corrected chi connectivity index (χ4v) is 1.56. The van der Waals surface area contributed by atoms with Crippen molar-refractivity contribution in [1.82, 2.24) is 5.32 Å². The minimum atomic E-state index is -0.359. The summed E-state index contributed by atoms with van der Waals surface area (Å²) in [5, 5.41) is 5.38. The number of benzene rings is 1. The first kappa shape index (κ1) is 13.5. The van der Waals surface area contributed by atoms with Crippen molar-refractivity contribution < 1.29 is 9.18 Å². The smallest absolute Gasteiger partial charge is 0.319 e. The SMILES string of the molecule is CCC(CC)CNC(=O)Nc1cccc(F)c1. The van der Waals surface area contributed by atoms with Crippen LogP contribution in [0.15, 0.2) is 24.3 Å². The lowest BCUT2D eigenvalue weighted by atomic mass is 10.0. The van der Waals surface area contributed by atoms with E-state index in [2.05, 4.69) is 24.5 Å². The largest absolute Gasteiger partial charge is 0.338 e. The Morgan fingerprint density at radius 3 is 2.65 bits per heavy atom. The van der Waals surface area contributed by atoms with Crippen LogP contribution in [0, 0.1) is 11.7 Å². The van der Waals surface area contributed by atoms with E-state index in [0.29, 0.717) is 18.2 Å². The summed E-state index contributed by atoms with van der Waals surface area (Å²) in [6, 6.07) is 5.55. The summed E-state index contributed by atoms with van der Waals surface area (Å²) in [5.74, 6) is 0.135. The van der Waals surface area contributed by atoms with Crippen LogP contribution in [-0.2, 0) is 0 Å². The third kappa shape index (κ3) is 4.85. The first-order chi connectivity index (χ1) is 8.15. The van der Waals surface area contributed by atoms with Crippen molar-refractivity contribution in [2.45, 2.75) is 26.7 Å². The third-order valence-corrected chi connectivity index (χ3v) is 2.79. The number of anilines is 1. The van der Waals surface area contributed by atoms with Crippen LogP contribution >= 0.6 is 0 Å². The highest BCUT2D eigenvalue weighted by atomic mass is 19.1. The van der Waals surface area contributed by atoms with Gasteiger partial charge in [0.05, 0.1) is 0 Å². The van der Waals surface area contributed by atoms with E-state index >= 15 is 0 Å². The molecule has 0 aromatic heterocycles. The van der Waals surface area contributed by atoms with Crippen molar-refractivity contribution in [1.29, 1.82) is 0 Å². The summed E-state index contributed by atoms with van der Waals surface area (Å²) in [7, 11) is 0. The normalized spacial score (nSPS) is 10.4. The molecule has 0 unspecified atom stereocenters. The molecule has 3 nitrogen and oxygen atoms in total. The second-order valence-corrected chi connectivity index (χ2v) is 4.03. The van der Waals surface area contributed by atoms with Crippen molar-refractivity contribution in [3.63, 3.8) is 0 Å². The van der Waals surface area contributed by atoms with Gasteiger partial charge in [-0.3, -0.25) is 0 Å². The zero-order valence-corrected chi connectivity index (χ0v) is 10.3. The van der Waals surface area contributed by atoms with Crippen LogP contribution in [0.4, 0.5) is 14.9 Å². The Hall–Kier alpha value is -1.58. The molecule has 0 aliphatic heterocycles. The van der Waals surface area contributed by atoms with Crippen molar-refractivity contribution in [2.24, 2.45) is 5.92 Å². The maximum Gasteiger partial charge on any atom is 0.319 e. The second-order valence-electron chi connectivity index (χ2n) is 4.03. The first-order valence-electron chi connectivity index (χ1n) is 5.96. The summed E-state index contributed by atoms with van der Waals surface area (Å²) < 4.78 is 12.9. The maximum atomic E-state index is 12.9. The molecule has 1 aromatic carbocycles. The highest BCUT2D eigenvalue weighted by Gasteiger charge is 2.06. The molecule has 1 aromatic rings. The van der Waals surface area contributed by atoms with Crippen molar-refractivity contribution >= 4 is 11.7 Å². The summed E-state index contributed by atoms with van der Waals surface area (Å²) in [6.45, 7) is 4.84. The fraction of sp³-hybridized carbons (Fsp3) is 0.462. The monoisotopic (exact) mass is 238 g/mol. The van der Waals surface area contributed by atoms with Gasteiger partial charge >= 0.3 is 6.03 Å². The van der Waals surface area contributed by atoms with Crippen molar-refractivity contribution in [3.8, 4) is 0 Å². The van der Waals surface area contributed by atoms with Crippen LogP contribution in [0.3, 0.4) is 0 Å². The number of rotatable bonds is 5. The van der Waals surface area contributed by atoms with Gasteiger partial charge < -0.3 is 10.6 Å².